The predicted molar refractivity (Wildman–Crippen MR) is 82.4 cm³/mol. The molecule has 1 N–H and O–H groups in total. The van der Waals surface area contributed by atoms with Crippen molar-refractivity contribution in [3.63, 3.8) is 0 Å². The van der Waals surface area contributed by atoms with Crippen LogP contribution in [0.4, 0.5) is 0 Å². The van der Waals surface area contributed by atoms with E-state index in [1.165, 1.54) is 5.57 Å². The van der Waals surface area contributed by atoms with Gasteiger partial charge >= 0.3 is 0 Å². The van der Waals surface area contributed by atoms with Gasteiger partial charge < -0.3 is 14.6 Å². The molecule has 1 fully saturated rings. The van der Waals surface area contributed by atoms with Crippen LogP contribution in [0.5, 0.6) is 11.5 Å². The molecule has 5 atom stereocenters. The summed E-state index contributed by atoms with van der Waals surface area (Å²) in [5.41, 5.74) is 2.50. The van der Waals surface area contributed by atoms with Gasteiger partial charge in [0.2, 0.25) is 0 Å². The number of rotatable bonds is 2. The summed E-state index contributed by atoms with van der Waals surface area (Å²) in [6.45, 7) is 7.65. The Bertz CT molecular complexity index is 564. The van der Waals surface area contributed by atoms with Crippen LogP contribution in [0.2, 0.25) is 0 Å². The normalized spacial score (nSPS) is 35.2. The minimum atomic E-state index is 0.0505. The highest BCUT2D eigenvalue weighted by atomic mass is 16.5. The van der Waals surface area contributed by atoms with Crippen molar-refractivity contribution in [3.05, 3.63) is 35.4 Å². The Morgan fingerprint density at radius 1 is 1.29 bits per heavy atom. The number of benzene rings is 1. The second-order valence-corrected chi connectivity index (χ2v) is 6.50. The largest absolute Gasteiger partial charge is 0.504 e. The van der Waals surface area contributed by atoms with E-state index in [-0.39, 0.29) is 11.9 Å². The van der Waals surface area contributed by atoms with Gasteiger partial charge in [-0.3, -0.25) is 0 Å². The molecule has 0 spiro atoms. The first-order chi connectivity index (χ1) is 10.0. The van der Waals surface area contributed by atoms with Crippen molar-refractivity contribution in [2.45, 2.75) is 26.9 Å². The first kappa shape index (κ1) is 14.5. The fraction of sp³-hybridized carbons (Fsp3) is 0.556. The van der Waals surface area contributed by atoms with Crippen LogP contribution >= 0.6 is 0 Å². The zero-order valence-electron chi connectivity index (χ0n) is 13.2. The average molecular weight is 288 g/mol. The summed E-state index contributed by atoms with van der Waals surface area (Å²) in [5, 5.41) is 9.77. The minimum Gasteiger partial charge on any atom is -0.504 e. The van der Waals surface area contributed by atoms with E-state index in [4.69, 9.17) is 9.47 Å². The van der Waals surface area contributed by atoms with Gasteiger partial charge in [0.25, 0.3) is 0 Å². The van der Waals surface area contributed by atoms with Crippen molar-refractivity contribution in [2.24, 2.45) is 23.7 Å². The van der Waals surface area contributed by atoms with Gasteiger partial charge in [0.1, 0.15) is 0 Å². The lowest BCUT2D eigenvalue weighted by atomic mass is 9.64. The molecule has 3 heteroatoms. The maximum atomic E-state index is 9.77. The lowest BCUT2D eigenvalue weighted by molar-refractivity contribution is -0.0935. The zero-order chi connectivity index (χ0) is 15.1. The fourth-order valence-corrected chi connectivity index (χ4v) is 4.12. The van der Waals surface area contributed by atoms with Gasteiger partial charge in [-0.15, -0.1) is 0 Å². The standard InChI is InChI=1S/C18H24O3/c1-10-7-11(2)17-12(3)14(10)9-21-18(17)13-5-6-15(19)16(8-13)20-4/h5-8,10,12,14,17-19H,9H2,1-4H3/t10-,12+,14+,17-,18+/m0/s1. The molecule has 3 rings (SSSR count). The molecule has 0 aromatic heterocycles. The van der Waals surface area contributed by atoms with Crippen LogP contribution in [-0.4, -0.2) is 18.8 Å². The van der Waals surface area contributed by atoms with Gasteiger partial charge in [-0.1, -0.05) is 31.6 Å². The highest BCUT2D eigenvalue weighted by molar-refractivity contribution is 5.43. The third-order valence-corrected chi connectivity index (χ3v) is 5.30. The summed E-state index contributed by atoms with van der Waals surface area (Å²) in [6, 6.07) is 5.54. The molecule has 1 saturated heterocycles. The highest BCUT2D eigenvalue weighted by Gasteiger charge is 2.43. The molecule has 2 bridgehead atoms. The zero-order valence-corrected chi connectivity index (χ0v) is 13.2. The van der Waals surface area contributed by atoms with E-state index in [9.17, 15) is 5.11 Å². The monoisotopic (exact) mass is 288 g/mol. The maximum Gasteiger partial charge on any atom is 0.160 e. The Balaban J connectivity index is 1.98. The van der Waals surface area contributed by atoms with Crippen molar-refractivity contribution >= 4 is 0 Å². The number of hydrogen-bond acceptors (Lipinski definition) is 3. The molecule has 1 aromatic carbocycles. The van der Waals surface area contributed by atoms with E-state index in [0.717, 1.165) is 12.2 Å². The van der Waals surface area contributed by atoms with Crippen molar-refractivity contribution in [3.8, 4) is 11.5 Å². The summed E-state index contributed by atoms with van der Waals surface area (Å²) in [4.78, 5) is 0. The quantitative estimate of drug-likeness (QED) is 0.838. The van der Waals surface area contributed by atoms with Crippen molar-refractivity contribution in [1.82, 2.24) is 0 Å². The smallest absolute Gasteiger partial charge is 0.160 e. The van der Waals surface area contributed by atoms with Crippen molar-refractivity contribution < 1.29 is 14.6 Å². The first-order valence-corrected chi connectivity index (χ1v) is 7.69. The number of phenols is 1. The number of fused-ring (bicyclic) bond motifs is 2. The number of allylic oxidation sites excluding steroid dienone is 1. The summed E-state index contributed by atoms with van der Waals surface area (Å²) in [7, 11) is 1.58. The molecular formula is C18H24O3. The van der Waals surface area contributed by atoms with Crippen LogP contribution in [0.15, 0.2) is 29.8 Å². The fourth-order valence-electron chi connectivity index (χ4n) is 4.12. The Morgan fingerprint density at radius 2 is 2.05 bits per heavy atom. The summed E-state index contributed by atoms with van der Waals surface area (Å²) >= 11 is 0. The molecule has 0 radical (unpaired) electrons. The SMILES string of the molecule is COc1cc([C@H]2OC[C@H]3[C@@H](C)[C@@H]2C(C)=C[C@@H]3C)ccc1O. The topological polar surface area (TPSA) is 38.7 Å². The summed E-state index contributed by atoms with van der Waals surface area (Å²) < 4.78 is 11.4. The lowest BCUT2D eigenvalue weighted by Gasteiger charge is -2.47. The van der Waals surface area contributed by atoms with Crippen LogP contribution < -0.4 is 4.74 Å². The molecule has 0 unspecified atom stereocenters. The molecule has 1 aromatic rings. The Labute approximate surface area is 126 Å². The van der Waals surface area contributed by atoms with Gasteiger partial charge in [-0.25, -0.2) is 0 Å². The van der Waals surface area contributed by atoms with Crippen LogP contribution in [0, 0.1) is 23.7 Å². The van der Waals surface area contributed by atoms with E-state index in [1.807, 2.05) is 12.1 Å². The Hall–Kier alpha value is -1.48. The number of aromatic hydroxyl groups is 1. The molecule has 1 aliphatic heterocycles. The minimum absolute atomic E-state index is 0.0505. The molecule has 0 amide bonds. The second kappa shape index (κ2) is 5.38. The van der Waals surface area contributed by atoms with Crippen LogP contribution in [-0.2, 0) is 4.74 Å². The van der Waals surface area contributed by atoms with E-state index < -0.39 is 0 Å². The van der Waals surface area contributed by atoms with Crippen LogP contribution in [0.25, 0.3) is 0 Å². The average Bonchev–Trinajstić information content (AvgIpc) is 2.45. The number of ether oxygens (including phenoxy) is 2. The van der Waals surface area contributed by atoms with Gasteiger partial charge in [0.05, 0.1) is 19.8 Å². The van der Waals surface area contributed by atoms with E-state index >= 15 is 0 Å². The third-order valence-electron chi connectivity index (χ3n) is 5.30. The molecule has 21 heavy (non-hydrogen) atoms. The molecule has 2 aliphatic rings. The first-order valence-electron chi connectivity index (χ1n) is 7.69. The van der Waals surface area contributed by atoms with Crippen molar-refractivity contribution in [1.29, 1.82) is 0 Å². The molecular weight excluding hydrogens is 264 g/mol. The van der Waals surface area contributed by atoms with Gasteiger partial charge in [0, 0.05) is 5.92 Å². The number of methoxy groups -OCH3 is 1. The van der Waals surface area contributed by atoms with Crippen LogP contribution in [0.3, 0.4) is 0 Å². The number of phenolic OH excluding ortho intramolecular Hbond substituents is 1. The second-order valence-electron chi connectivity index (χ2n) is 6.50. The van der Waals surface area contributed by atoms with Gasteiger partial charge in [-0.2, -0.15) is 0 Å². The van der Waals surface area contributed by atoms with Gasteiger partial charge in [0.15, 0.2) is 11.5 Å². The van der Waals surface area contributed by atoms with Crippen LogP contribution in [0.1, 0.15) is 32.4 Å². The Kier molecular flexibility index (Phi) is 3.70. The van der Waals surface area contributed by atoms with E-state index in [0.29, 0.717) is 29.4 Å². The Morgan fingerprint density at radius 3 is 2.76 bits per heavy atom. The number of hydrogen-bond donors (Lipinski definition) is 1. The molecule has 114 valence electrons. The molecule has 0 saturated carbocycles. The van der Waals surface area contributed by atoms with Gasteiger partial charge in [-0.05, 0) is 42.4 Å². The summed E-state index contributed by atoms with van der Waals surface area (Å²) in [6.07, 6.45) is 2.46. The van der Waals surface area contributed by atoms with E-state index in [1.54, 1.807) is 13.2 Å². The molecule has 3 nitrogen and oxygen atoms in total. The van der Waals surface area contributed by atoms with E-state index in [2.05, 4.69) is 26.8 Å². The molecule has 1 heterocycles. The summed E-state index contributed by atoms with van der Waals surface area (Å²) in [5.74, 6) is 2.91. The lowest BCUT2D eigenvalue weighted by Crippen LogP contribution is -2.42. The maximum absolute atomic E-state index is 9.77. The third kappa shape index (κ3) is 2.34. The molecule has 1 aliphatic carbocycles. The predicted octanol–water partition coefficient (Wildman–Crippen LogP) is 3.94. The highest BCUT2D eigenvalue weighted by Crippen LogP contribution is 2.50. The van der Waals surface area contributed by atoms with Crippen molar-refractivity contribution in [2.75, 3.05) is 13.7 Å².